The van der Waals surface area contributed by atoms with Crippen LogP contribution in [-0.2, 0) is 4.79 Å². The highest BCUT2D eigenvalue weighted by molar-refractivity contribution is 5.92. The van der Waals surface area contributed by atoms with Crippen LogP contribution in [0.15, 0.2) is 42.7 Å². The van der Waals surface area contributed by atoms with Gasteiger partial charge in [0.05, 0.1) is 5.56 Å². The number of rotatable bonds is 4. The zero-order chi connectivity index (χ0) is 14.4. The van der Waals surface area contributed by atoms with Crippen molar-refractivity contribution in [2.24, 2.45) is 0 Å². The minimum absolute atomic E-state index is 0.152. The van der Waals surface area contributed by atoms with E-state index in [1.807, 2.05) is 13.0 Å². The van der Waals surface area contributed by atoms with Gasteiger partial charge in [-0.2, -0.15) is 5.26 Å². The van der Waals surface area contributed by atoms with Gasteiger partial charge in [-0.05, 0) is 30.7 Å². The van der Waals surface area contributed by atoms with E-state index in [0.717, 1.165) is 5.56 Å². The predicted octanol–water partition coefficient (Wildman–Crippen LogP) is 2.28. The monoisotopic (exact) mass is 267 g/mol. The van der Waals surface area contributed by atoms with Crippen molar-refractivity contribution in [1.82, 2.24) is 4.98 Å². The molecule has 0 aliphatic heterocycles. The molecule has 0 radical (unpaired) electrons. The first-order valence-corrected chi connectivity index (χ1v) is 6.03. The fourth-order valence-electron chi connectivity index (χ4n) is 1.63. The standard InChI is InChI=1S/C15H13N3O2/c1-11-9-17-7-6-13(11)18-15(19)10-20-14-5-3-2-4-12(14)8-16/h2-7,9H,10H2,1H3,(H,17,18,19). The number of carbonyl (C=O) groups is 1. The molecular formula is C15H13N3O2. The number of ether oxygens (including phenoxy) is 1. The first-order valence-electron chi connectivity index (χ1n) is 6.03. The average molecular weight is 267 g/mol. The summed E-state index contributed by atoms with van der Waals surface area (Å²) in [4.78, 5) is 15.7. The molecule has 0 bridgehead atoms. The normalized spacial score (nSPS) is 9.60. The fourth-order valence-corrected chi connectivity index (χ4v) is 1.63. The molecule has 2 rings (SSSR count). The van der Waals surface area contributed by atoms with E-state index in [-0.39, 0.29) is 12.5 Å². The molecule has 0 atom stereocenters. The molecule has 5 nitrogen and oxygen atoms in total. The van der Waals surface area contributed by atoms with Crippen molar-refractivity contribution >= 4 is 11.6 Å². The quantitative estimate of drug-likeness (QED) is 0.922. The van der Waals surface area contributed by atoms with E-state index >= 15 is 0 Å². The van der Waals surface area contributed by atoms with Crippen molar-refractivity contribution in [2.75, 3.05) is 11.9 Å². The molecule has 0 saturated heterocycles. The largest absolute Gasteiger partial charge is 0.482 e. The number of pyridine rings is 1. The Hall–Kier alpha value is -2.87. The van der Waals surface area contributed by atoms with Crippen molar-refractivity contribution in [2.45, 2.75) is 6.92 Å². The lowest BCUT2D eigenvalue weighted by Crippen LogP contribution is -2.20. The number of hydrogen-bond acceptors (Lipinski definition) is 4. The Morgan fingerprint density at radius 3 is 2.95 bits per heavy atom. The van der Waals surface area contributed by atoms with Crippen LogP contribution in [-0.4, -0.2) is 17.5 Å². The summed E-state index contributed by atoms with van der Waals surface area (Å²) in [5.74, 6) is 0.114. The molecule has 100 valence electrons. The Morgan fingerprint density at radius 1 is 1.40 bits per heavy atom. The Labute approximate surface area is 116 Å². The number of anilines is 1. The van der Waals surface area contributed by atoms with E-state index in [4.69, 9.17) is 10.00 Å². The number of benzene rings is 1. The van der Waals surface area contributed by atoms with Gasteiger partial charge in [0.1, 0.15) is 11.8 Å². The Bertz CT molecular complexity index is 662. The minimum atomic E-state index is -0.285. The molecule has 2 aromatic rings. The highest BCUT2D eigenvalue weighted by Crippen LogP contribution is 2.16. The summed E-state index contributed by atoms with van der Waals surface area (Å²) in [6, 6.07) is 10.5. The van der Waals surface area contributed by atoms with Crippen molar-refractivity contribution in [1.29, 1.82) is 5.26 Å². The molecule has 1 heterocycles. The molecule has 1 amide bonds. The van der Waals surface area contributed by atoms with Gasteiger partial charge >= 0.3 is 0 Å². The van der Waals surface area contributed by atoms with Gasteiger partial charge in [0.2, 0.25) is 0 Å². The van der Waals surface area contributed by atoms with Crippen molar-refractivity contribution < 1.29 is 9.53 Å². The Morgan fingerprint density at radius 2 is 2.20 bits per heavy atom. The highest BCUT2D eigenvalue weighted by Gasteiger charge is 2.07. The summed E-state index contributed by atoms with van der Waals surface area (Å²) in [5.41, 5.74) is 1.97. The summed E-state index contributed by atoms with van der Waals surface area (Å²) in [6.45, 7) is 1.70. The van der Waals surface area contributed by atoms with Crippen molar-refractivity contribution in [3.8, 4) is 11.8 Å². The second-order valence-corrected chi connectivity index (χ2v) is 4.14. The molecule has 0 unspecified atom stereocenters. The number of para-hydroxylation sites is 1. The number of carbonyl (C=O) groups excluding carboxylic acids is 1. The molecule has 20 heavy (non-hydrogen) atoms. The number of aryl methyl sites for hydroxylation is 1. The van der Waals surface area contributed by atoms with Gasteiger partial charge in [-0.3, -0.25) is 9.78 Å². The van der Waals surface area contributed by atoms with Gasteiger partial charge in [0, 0.05) is 18.1 Å². The lowest BCUT2D eigenvalue weighted by atomic mass is 10.2. The number of nitriles is 1. The maximum Gasteiger partial charge on any atom is 0.262 e. The molecule has 1 aromatic heterocycles. The summed E-state index contributed by atoms with van der Waals surface area (Å²) in [6.07, 6.45) is 3.27. The summed E-state index contributed by atoms with van der Waals surface area (Å²) in [5, 5.41) is 11.6. The predicted molar refractivity (Wildman–Crippen MR) is 74.3 cm³/mol. The van der Waals surface area contributed by atoms with Crippen molar-refractivity contribution in [3.05, 3.63) is 53.9 Å². The number of amides is 1. The number of aromatic nitrogens is 1. The van der Waals surface area contributed by atoms with E-state index in [1.165, 1.54) is 0 Å². The van der Waals surface area contributed by atoms with Crippen molar-refractivity contribution in [3.63, 3.8) is 0 Å². The van der Waals surface area contributed by atoms with Crippen LogP contribution in [0.1, 0.15) is 11.1 Å². The van der Waals surface area contributed by atoms with E-state index in [1.54, 1.807) is 42.7 Å². The van der Waals surface area contributed by atoms with Crippen LogP contribution in [0.2, 0.25) is 0 Å². The van der Waals surface area contributed by atoms with Gasteiger partial charge in [-0.15, -0.1) is 0 Å². The molecule has 1 N–H and O–H groups in total. The average Bonchev–Trinajstić information content (AvgIpc) is 2.48. The third-order valence-electron chi connectivity index (χ3n) is 2.66. The summed E-state index contributed by atoms with van der Waals surface area (Å²) < 4.78 is 5.35. The second-order valence-electron chi connectivity index (χ2n) is 4.14. The van der Waals surface area contributed by atoms with Crippen LogP contribution < -0.4 is 10.1 Å². The van der Waals surface area contributed by atoms with E-state index in [2.05, 4.69) is 10.3 Å². The Kier molecular flexibility index (Phi) is 4.30. The molecular weight excluding hydrogens is 254 g/mol. The van der Waals surface area contributed by atoms with Gasteiger partial charge in [-0.1, -0.05) is 12.1 Å². The van der Waals surface area contributed by atoms with E-state index < -0.39 is 0 Å². The first-order chi connectivity index (χ1) is 9.70. The molecule has 1 aromatic carbocycles. The number of nitrogens with zero attached hydrogens (tertiary/aromatic N) is 2. The van der Waals surface area contributed by atoms with Crippen LogP contribution in [0.3, 0.4) is 0 Å². The number of nitrogens with one attached hydrogen (secondary N) is 1. The molecule has 0 saturated carbocycles. The zero-order valence-electron chi connectivity index (χ0n) is 11.0. The SMILES string of the molecule is Cc1cnccc1NC(=O)COc1ccccc1C#N. The van der Waals surface area contributed by atoms with E-state index in [9.17, 15) is 4.79 Å². The summed E-state index contributed by atoms with van der Waals surface area (Å²) in [7, 11) is 0. The zero-order valence-corrected chi connectivity index (χ0v) is 11.0. The first kappa shape index (κ1) is 13.6. The summed E-state index contributed by atoms with van der Waals surface area (Å²) >= 11 is 0. The van der Waals surface area contributed by atoms with Gasteiger partial charge < -0.3 is 10.1 Å². The highest BCUT2D eigenvalue weighted by atomic mass is 16.5. The lowest BCUT2D eigenvalue weighted by molar-refractivity contribution is -0.118. The molecule has 0 spiro atoms. The maximum absolute atomic E-state index is 11.8. The second kappa shape index (κ2) is 6.34. The van der Waals surface area contributed by atoms with Gasteiger partial charge in [0.15, 0.2) is 6.61 Å². The Balaban J connectivity index is 1.96. The van der Waals surface area contributed by atoms with Crippen LogP contribution in [0.5, 0.6) is 5.75 Å². The maximum atomic E-state index is 11.8. The van der Waals surface area contributed by atoms with Crippen LogP contribution in [0.4, 0.5) is 5.69 Å². The molecule has 0 aliphatic carbocycles. The minimum Gasteiger partial charge on any atom is -0.482 e. The third-order valence-corrected chi connectivity index (χ3v) is 2.66. The molecule has 5 heteroatoms. The van der Waals surface area contributed by atoms with E-state index in [0.29, 0.717) is 17.0 Å². The molecule has 0 aliphatic rings. The van der Waals surface area contributed by atoms with Gasteiger partial charge in [-0.25, -0.2) is 0 Å². The van der Waals surface area contributed by atoms with Crippen LogP contribution in [0, 0.1) is 18.3 Å². The fraction of sp³-hybridized carbons (Fsp3) is 0.133. The van der Waals surface area contributed by atoms with Crippen LogP contribution in [0.25, 0.3) is 0 Å². The van der Waals surface area contributed by atoms with Crippen LogP contribution >= 0.6 is 0 Å². The number of hydrogen-bond donors (Lipinski definition) is 1. The van der Waals surface area contributed by atoms with Gasteiger partial charge in [0.25, 0.3) is 5.91 Å². The topological polar surface area (TPSA) is 75.0 Å². The molecule has 0 fully saturated rings. The smallest absolute Gasteiger partial charge is 0.262 e. The lowest BCUT2D eigenvalue weighted by Gasteiger charge is -2.09. The third kappa shape index (κ3) is 3.33.